The standard InChI is InChI=1S/C19H31N7O6S/c1-9(2)3-12(24-16(28)11(20)5-15(21)27)17(29)25-13(4-10-6-22-8-23-10)18(30)26-14(7-33)19(31)32/h6,8-9,11-14,33H,3-5,7,20H2,1-2H3,(H2,21,27)(H,22,23)(H,24,28)(H,25,29)(H,26,30)(H,31,32). The third kappa shape index (κ3) is 9.91. The molecule has 4 amide bonds. The van der Waals surface area contributed by atoms with Gasteiger partial charge in [-0.1, -0.05) is 13.8 Å². The van der Waals surface area contributed by atoms with Gasteiger partial charge in [0.15, 0.2) is 0 Å². The molecular formula is C19H31N7O6S. The molecule has 13 nitrogen and oxygen atoms in total. The molecule has 0 aliphatic rings. The molecule has 0 radical (unpaired) electrons. The molecule has 1 heterocycles. The van der Waals surface area contributed by atoms with Crippen LogP contribution in [0.25, 0.3) is 0 Å². The van der Waals surface area contributed by atoms with Gasteiger partial charge in [0.05, 0.1) is 18.8 Å². The number of aromatic nitrogens is 2. The number of nitrogens with two attached hydrogens (primary N) is 2. The molecule has 4 unspecified atom stereocenters. The third-order valence-electron chi connectivity index (χ3n) is 4.51. The van der Waals surface area contributed by atoms with Crippen LogP contribution in [-0.4, -0.2) is 74.6 Å². The van der Waals surface area contributed by atoms with Crippen LogP contribution in [0, 0.1) is 5.92 Å². The van der Waals surface area contributed by atoms with E-state index < -0.39 is 60.2 Å². The molecule has 1 rings (SSSR count). The van der Waals surface area contributed by atoms with E-state index in [4.69, 9.17) is 11.5 Å². The maximum Gasteiger partial charge on any atom is 0.327 e. The van der Waals surface area contributed by atoms with Crippen molar-refractivity contribution >= 4 is 42.2 Å². The molecular weight excluding hydrogens is 454 g/mol. The van der Waals surface area contributed by atoms with Gasteiger partial charge in [-0.05, 0) is 12.3 Å². The lowest BCUT2D eigenvalue weighted by molar-refractivity contribution is -0.141. The Bertz CT molecular complexity index is 833. The monoisotopic (exact) mass is 485 g/mol. The highest BCUT2D eigenvalue weighted by Crippen LogP contribution is 2.08. The average molecular weight is 486 g/mol. The minimum atomic E-state index is -1.28. The van der Waals surface area contributed by atoms with E-state index in [1.165, 1.54) is 12.5 Å². The highest BCUT2D eigenvalue weighted by atomic mass is 32.1. The number of carbonyl (C=O) groups is 5. The van der Waals surface area contributed by atoms with Crippen molar-refractivity contribution in [2.75, 3.05) is 5.75 Å². The van der Waals surface area contributed by atoms with Crippen molar-refractivity contribution in [3.05, 3.63) is 18.2 Å². The molecule has 184 valence electrons. The van der Waals surface area contributed by atoms with Crippen molar-refractivity contribution < 1.29 is 29.1 Å². The lowest BCUT2D eigenvalue weighted by Crippen LogP contribution is -2.58. The molecule has 0 aliphatic carbocycles. The van der Waals surface area contributed by atoms with Crippen LogP contribution < -0.4 is 27.4 Å². The Morgan fingerprint density at radius 2 is 1.64 bits per heavy atom. The summed E-state index contributed by atoms with van der Waals surface area (Å²) < 4.78 is 0. The lowest BCUT2D eigenvalue weighted by Gasteiger charge is -2.25. The number of hydrogen-bond donors (Lipinski definition) is 8. The number of carboxylic acid groups (broad SMARTS) is 1. The normalized spacial score (nSPS) is 14.6. The van der Waals surface area contributed by atoms with Crippen LogP contribution in [-0.2, 0) is 30.4 Å². The number of thiol groups is 1. The van der Waals surface area contributed by atoms with Crippen molar-refractivity contribution in [3.8, 4) is 0 Å². The van der Waals surface area contributed by atoms with Gasteiger partial charge in [0.2, 0.25) is 23.6 Å². The Morgan fingerprint density at radius 3 is 2.12 bits per heavy atom. The average Bonchev–Trinajstić information content (AvgIpc) is 3.22. The van der Waals surface area contributed by atoms with Gasteiger partial charge in [0.25, 0.3) is 0 Å². The molecule has 0 saturated carbocycles. The van der Waals surface area contributed by atoms with Crippen LogP contribution in [0.3, 0.4) is 0 Å². The van der Waals surface area contributed by atoms with Gasteiger partial charge < -0.3 is 37.5 Å². The number of aliphatic carboxylic acids is 1. The number of nitrogens with one attached hydrogen (secondary N) is 4. The third-order valence-corrected chi connectivity index (χ3v) is 4.87. The molecule has 0 aliphatic heterocycles. The van der Waals surface area contributed by atoms with Gasteiger partial charge in [-0.25, -0.2) is 9.78 Å². The summed E-state index contributed by atoms with van der Waals surface area (Å²) >= 11 is 3.92. The lowest BCUT2D eigenvalue weighted by atomic mass is 10.0. The SMILES string of the molecule is CC(C)CC(NC(=O)C(N)CC(N)=O)C(=O)NC(Cc1cnc[nH]1)C(=O)NC(CS)C(=O)O. The van der Waals surface area contributed by atoms with Crippen LogP contribution in [0.1, 0.15) is 32.4 Å². The van der Waals surface area contributed by atoms with Crippen molar-refractivity contribution in [2.24, 2.45) is 17.4 Å². The van der Waals surface area contributed by atoms with Gasteiger partial charge in [0.1, 0.15) is 18.1 Å². The fourth-order valence-electron chi connectivity index (χ4n) is 2.85. The van der Waals surface area contributed by atoms with E-state index in [9.17, 15) is 29.1 Å². The molecule has 0 bridgehead atoms. The largest absolute Gasteiger partial charge is 0.480 e. The highest BCUT2D eigenvalue weighted by molar-refractivity contribution is 7.80. The summed E-state index contributed by atoms with van der Waals surface area (Å²) in [7, 11) is 0. The summed E-state index contributed by atoms with van der Waals surface area (Å²) in [6, 6.07) is -4.74. The summed E-state index contributed by atoms with van der Waals surface area (Å²) in [5.74, 6) is -4.40. The molecule has 0 aromatic carbocycles. The number of imidazole rings is 1. The predicted molar refractivity (Wildman–Crippen MR) is 121 cm³/mol. The van der Waals surface area contributed by atoms with Crippen LogP contribution >= 0.6 is 12.6 Å². The maximum atomic E-state index is 13.0. The van der Waals surface area contributed by atoms with Crippen LogP contribution in [0.5, 0.6) is 0 Å². The number of amides is 4. The van der Waals surface area contributed by atoms with E-state index in [1.54, 1.807) is 0 Å². The molecule has 14 heteroatoms. The molecule has 4 atom stereocenters. The van der Waals surface area contributed by atoms with Crippen molar-refractivity contribution in [1.29, 1.82) is 0 Å². The second-order valence-corrected chi connectivity index (χ2v) is 8.26. The van der Waals surface area contributed by atoms with E-state index in [-0.39, 0.29) is 24.5 Å². The molecule has 33 heavy (non-hydrogen) atoms. The van der Waals surface area contributed by atoms with Gasteiger partial charge in [-0.3, -0.25) is 19.2 Å². The van der Waals surface area contributed by atoms with Crippen molar-refractivity contribution in [2.45, 2.75) is 57.3 Å². The van der Waals surface area contributed by atoms with E-state index >= 15 is 0 Å². The summed E-state index contributed by atoms with van der Waals surface area (Å²) in [6.07, 6.45) is 2.65. The second-order valence-electron chi connectivity index (χ2n) is 7.89. The highest BCUT2D eigenvalue weighted by Gasteiger charge is 2.31. The summed E-state index contributed by atoms with van der Waals surface area (Å²) in [6.45, 7) is 3.66. The minimum Gasteiger partial charge on any atom is -0.480 e. The van der Waals surface area contributed by atoms with Gasteiger partial charge >= 0.3 is 5.97 Å². The van der Waals surface area contributed by atoms with E-state index in [0.717, 1.165) is 0 Å². The Morgan fingerprint density at radius 1 is 1.06 bits per heavy atom. The number of carbonyl (C=O) groups excluding carboxylic acids is 4. The Balaban J connectivity index is 3.02. The van der Waals surface area contributed by atoms with Crippen LogP contribution in [0.2, 0.25) is 0 Å². The fourth-order valence-corrected chi connectivity index (χ4v) is 3.09. The molecule has 0 fully saturated rings. The number of rotatable bonds is 14. The molecule has 0 spiro atoms. The van der Waals surface area contributed by atoms with Gasteiger partial charge in [-0.2, -0.15) is 12.6 Å². The zero-order chi connectivity index (χ0) is 25.1. The Kier molecular flexibility index (Phi) is 11.4. The fraction of sp³-hybridized carbons (Fsp3) is 0.579. The first-order valence-corrected chi connectivity index (χ1v) is 10.8. The quantitative estimate of drug-likeness (QED) is 0.133. The summed E-state index contributed by atoms with van der Waals surface area (Å²) in [5, 5.41) is 16.5. The molecule has 1 aromatic heterocycles. The van der Waals surface area contributed by atoms with Crippen LogP contribution in [0.15, 0.2) is 12.5 Å². The van der Waals surface area contributed by atoms with Crippen molar-refractivity contribution in [1.82, 2.24) is 25.9 Å². The number of hydrogen-bond acceptors (Lipinski definition) is 8. The molecule has 9 N–H and O–H groups in total. The molecule has 1 aromatic rings. The van der Waals surface area contributed by atoms with Crippen LogP contribution in [0.4, 0.5) is 0 Å². The summed E-state index contributed by atoms with van der Waals surface area (Å²) in [4.78, 5) is 67.0. The number of nitrogens with zero attached hydrogens (tertiary/aromatic N) is 1. The maximum absolute atomic E-state index is 13.0. The molecule has 0 saturated heterocycles. The Labute approximate surface area is 196 Å². The zero-order valence-electron chi connectivity index (χ0n) is 18.4. The van der Waals surface area contributed by atoms with E-state index in [2.05, 4.69) is 38.5 Å². The first-order chi connectivity index (χ1) is 15.4. The second kappa shape index (κ2) is 13.4. The van der Waals surface area contributed by atoms with E-state index in [0.29, 0.717) is 5.69 Å². The first-order valence-electron chi connectivity index (χ1n) is 10.2. The number of carboxylic acids is 1. The smallest absolute Gasteiger partial charge is 0.327 e. The number of primary amides is 1. The van der Waals surface area contributed by atoms with Crippen molar-refractivity contribution in [3.63, 3.8) is 0 Å². The number of aromatic amines is 1. The van der Waals surface area contributed by atoms with E-state index in [1.807, 2.05) is 13.8 Å². The number of H-pyrrole nitrogens is 1. The Hall–Kier alpha value is -3.13. The first kappa shape index (κ1) is 27.9. The predicted octanol–water partition coefficient (Wildman–Crippen LogP) is -2.33. The topological polar surface area (TPSA) is 222 Å². The zero-order valence-corrected chi connectivity index (χ0v) is 19.3. The van der Waals surface area contributed by atoms with Gasteiger partial charge in [0, 0.05) is 24.1 Å². The summed E-state index contributed by atoms with van der Waals surface area (Å²) in [5.41, 5.74) is 11.2. The van der Waals surface area contributed by atoms with Gasteiger partial charge in [-0.15, -0.1) is 0 Å². The minimum absolute atomic E-state index is 0.0139.